The molecule has 0 saturated carbocycles. The first-order chi connectivity index (χ1) is 9.65. The summed E-state index contributed by atoms with van der Waals surface area (Å²) in [6, 6.07) is 11.7. The van der Waals surface area contributed by atoms with Gasteiger partial charge in [0.25, 0.3) is 0 Å². The number of nitrogens with zero attached hydrogens (tertiary/aromatic N) is 1. The van der Waals surface area contributed by atoms with Crippen LogP contribution in [0.4, 0.5) is 10.1 Å². The summed E-state index contributed by atoms with van der Waals surface area (Å²) in [5.41, 5.74) is 1.37. The van der Waals surface area contributed by atoms with Gasteiger partial charge in [-0.3, -0.25) is 0 Å². The lowest BCUT2D eigenvalue weighted by molar-refractivity contribution is 0.415. The van der Waals surface area contributed by atoms with Crippen LogP contribution in [0.1, 0.15) is 11.1 Å². The molecule has 1 N–H and O–H groups in total. The smallest absolute Gasteiger partial charge is 0.143 e. The van der Waals surface area contributed by atoms with Crippen LogP contribution < -0.4 is 10.1 Å². The van der Waals surface area contributed by atoms with Gasteiger partial charge in [-0.2, -0.15) is 5.26 Å². The molecule has 2 rings (SSSR count). The molecule has 0 aliphatic carbocycles. The predicted octanol–water partition coefficient (Wildman–Crippen LogP) is 3.97. The molecular weight excluding hydrogens is 279 g/mol. The van der Waals surface area contributed by atoms with Crippen molar-refractivity contribution in [2.24, 2.45) is 0 Å². The third-order valence-electron chi connectivity index (χ3n) is 2.82. The monoisotopic (exact) mass is 290 g/mol. The summed E-state index contributed by atoms with van der Waals surface area (Å²) in [7, 11) is 1.55. The first kappa shape index (κ1) is 14.2. The highest BCUT2D eigenvalue weighted by Gasteiger charge is 2.07. The van der Waals surface area contributed by atoms with Crippen LogP contribution in [0.3, 0.4) is 0 Å². The number of benzene rings is 2. The Balaban J connectivity index is 2.15. The minimum absolute atomic E-state index is 0.00658. The van der Waals surface area contributed by atoms with Crippen molar-refractivity contribution in [1.82, 2.24) is 0 Å². The van der Waals surface area contributed by atoms with Gasteiger partial charge in [0.15, 0.2) is 0 Å². The fraction of sp³-hybridized carbons (Fsp3) is 0.133. The molecule has 3 nitrogen and oxygen atoms in total. The van der Waals surface area contributed by atoms with E-state index in [9.17, 15) is 4.39 Å². The van der Waals surface area contributed by atoms with Gasteiger partial charge in [-0.25, -0.2) is 4.39 Å². The molecular formula is C15H12ClFN2O. The van der Waals surface area contributed by atoms with E-state index in [1.54, 1.807) is 31.4 Å². The van der Waals surface area contributed by atoms with Crippen LogP contribution in [0.25, 0.3) is 0 Å². The summed E-state index contributed by atoms with van der Waals surface area (Å²) in [6.45, 7) is 0.432. The van der Waals surface area contributed by atoms with E-state index >= 15 is 0 Å². The maximum absolute atomic E-state index is 13.4. The van der Waals surface area contributed by atoms with E-state index < -0.39 is 5.82 Å². The van der Waals surface area contributed by atoms with Gasteiger partial charge in [-0.15, -0.1) is 0 Å². The quantitative estimate of drug-likeness (QED) is 0.926. The van der Waals surface area contributed by atoms with Gasteiger partial charge in [0, 0.05) is 6.54 Å². The summed E-state index contributed by atoms with van der Waals surface area (Å²) in [4.78, 5) is 0. The van der Waals surface area contributed by atoms with E-state index in [4.69, 9.17) is 21.6 Å². The zero-order valence-corrected chi connectivity index (χ0v) is 11.5. The van der Waals surface area contributed by atoms with Gasteiger partial charge in [-0.1, -0.05) is 23.7 Å². The largest absolute Gasteiger partial charge is 0.495 e. The van der Waals surface area contributed by atoms with Gasteiger partial charge in [-0.05, 0) is 29.8 Å². The van der Waals surface area contributed by atoms with Crippen LogP contribution in [0, 0.1) is 17.1 Å². The molecule has 0 bridgehead atoms. The number of rotatable bonds is 4. The Hall–Kier alpha value is -2.25. The highest BCUT2D eigenvalue weighted by atomic mass is 35.5. The molecule has 0 aliphatic heterocycles. The molecule has 0 heterocycles. The number of ether oxygens (including phenoxy) is 1. The van der Waals surface area contributed by atoms with Crippen molar-refractivity contribution in [2.45, 2.75) is 6.54 Å². The van der Waals surface area contributed by atoms with Crippen LogP contribution in [0.2, 0.25) is 5.02 Å². The Morgan fingerprint density at radius 3 is 2.80 bits per heavy atom. The number of nitriles is 1. The Morgan fingerprint density at radius 2 is 2.15 bits per heavy atom. The summed E-state index contributed by atoms with van der Waals surface area (Å²) in [5, 5.41) is 12.5. The third kappa shape index (κ3) is 3.01. The Bertz CT molecular complexity index is 667. The maximum atomic E-state index is 13.4. The van der Waals surface area contributed by atoms with E-state index in [1.165, 1.54) is 6.07 Å². The molecule has 102 valence electrons. The van der Waals surface area contributed by atoms with Gasteiger partial charge in [0.2, 0.25) is 0 Å². The van der Waals surface area contributed by atoms with Crippen molar-refractivity contribution in [1.29, 1.82) is 5.26 Å². The van der Waals surface area contributed by atoms with E-state index in [1.807, 2.05) is 12.1 Å². The average Bonchev–Trinajstić information content (AvgIpc) is 2.45. The van der Waals surface area contributed by atoms with Crippen LogP contribution in [0.5, 0.6) is 5.75 Å². The van der Waals surface area contributed by atoms with Crippen molar-refractivity contribution >= 4 is 17.3 Å². The zero-order chi connectivity index (χ0) is 14.5. The van der Waals surface area contributed by atoms with E-state index in [-0.39, 0.29) is 5.56 Å². The molecule has 20 heavy (non-hydrogen) atoms. The Labute approximate surface area is 121 Å². The van der Waals surface area contributed by atoms with Crippen LogP contribution in [0.15, 0.2) is 36.4 Å². The van der Waals surface area contributed by atoms with Gasteiger partial charge in [0.1, 0.15) is 23.2 Å². The molecule has 0 amide bonds. The van der Waals surface area contributed by atoms with E-state index in [0.717, 1.165) is 5.56 Å². The Morgan fingerprint density at radius 1 is 1.35 bits per heavy atom. The molecule has 0 radical (unpaired) electrons. The second-order valence-corrected chi connectivity index (χ2v) is 4.50. The number of nitrogens with one attached hydrogen (secondary N) is 1. The van der Waals surface area contributed by atoms with Crippen LogP contribution >= 0.6 is 11.6 Å². The van der Waals surface area contributed by atoms with Gasteiger partial charge in [0.05, 0.1) is 17.8 Å². The summed E-state index contributed by atoms with van der Waals surface area (Å²) >= 11 is 6.03. The van der Waals surface area contributed by atoms with Gasteiger partial charge >= 0.3 is 0 Å². The second kappa shape index (κ2) is 6.27. The summed E-state index contributed by atoms with van der Waals surface area (Å²) in [6.07, 6.45) is 0. The maximum Gasteiger partial charge on any atom is 0.143 e. The van der Waals surface area contributed by atoms with Crippen LogP contribution in [-0.2, 0) is 6.54 Å². The SMILES string of the molecule is COc1ccc(CNc2cccc(F)c2C#N)cc1Cl. The van der Waals surface area contributed by atoms with E-state index in [0.29, 0.717) is 23.0 Å². The first-order valence-electron chi connectivity index (χ1n) is 5.90. The molecule has 0 saturated heterocycles. The lowest BCUT2D eigenvalue weighted by Crippen LogP contribution is -2.02. The third-order valence-corrected chi connectivity index (χ3v) is 3.12. The highest BCUT2D eigenvalue weighted by Crippen LogP contribution is 2.25. The molecule has 0 aromatic heterocycles. The van der Waals surface area contributed by atoms with Crippen molar-refractivity contribution in [2.75, 3.05) is 12.4 Å². The van der Waals surface area contributed by atoms with Crippen molar-refractivity contribution in [3.8, 4) is 11.8 Å². The van der Waals surface area contributed by atoms with Crippen molar-refractivity contribution in [3.63, 3.8) is 0 Å². The molecule has 0 aliphatic rings. The summed E-state index contributed by atoms with van der Waals surface area (Å²) < 4.78 is 18.5. The normalized spacial score (nSPS) is 9.90. The molecule has 0 spiro atoms. The summed E-state index contributed by atoms with van der Waals surface area (Å²) in [5.74, 6) is 0.0594. The van der Waals surface area contributed by atoms with Crippen LogP contribution in [-0.4, -0.2) is 7.11 Å². The second-order valence-electron chi connectivity index (χ2n) is 4.10. The molecule has 0 fully saturated rings. The van der Waals surface area contributed by atoms with E-state index in [2.05, 4.69) is 5.32 Å². The first-order valence-corrected chi connectivity index (χ1v) is 6.28. The van der Waals surface area contributed by atoms with Crippen molar-refractivity contribution < 1.29 is 9.13 Å². The lowest BCUT2D eigenvalue weighted by atomic mass is 10.1. The average molecular weight is 291 g/mol. The van der Waals surface area contributed by atoms with Gasteiger partial charge < -0.3 is 10.1 Å². The topological polar surface area (TPSA) is 45.0 Å². The van der Waals surface area contributed by atoms with Crippen molar-refractivity contribution in [3.05, 3.63) is 58.4 Å². The molecule has 2 aromatic carbocycles. The predicted molar refractivity (Wildman–Crippen MR) is 76.4 cm³/mol. The fourth-order valence-electron chi connectivity index (χ4n) is 1.80. The molecule has 5 heteroatoms. The number of hydrogen-bond acceptors (Lipinski definition) is 3. The number of methoxy groups -OCH3 is 1. The zero-order valence-electron chi connectivity index (χ0n) is 10.8. The number of hydrogen-bond donors (Lipinski definition) is 1. The highest BCUT2D eigenvalue weighted by molar-refractivity contribution is 6.32. The minimum atomic E-state index is -0.537. The fourth-order valence-corrected chi connectivity index (χ4v) is 2.08. The standard InChI is InChI=1S/C15H12ClFN2O/c1-20-15-6-5-10(7-12(15)16)9-19-14-4-2-3-13(17)11(14)8-18/h2-7,19H,9H2,1H3. The number of anilines is 1. The number of halogens is 2. The molecule has 0 unspecified atom stereocenters. The minimum Gasteiger partial charge on any atom is -0.495 e. The lowest BCUT2D eigenvalue weighted by Gasteiger charge is -2.10. The molecule has 0 atom stereocenters. The Kier molecular flexibility index (Phi) is 4.44. The molecule has 2 aromatic rings.